The topological polar surface area (TPSA) is 116 Å². The van der Waals surface area contributed by atoms with Crippen molar-refractivity contribution in [1.29, 1.82) is 0 Å². The average molecular weight is 450 g/mol. The van der Waals surface area contributed by atoms with Crippen LogP contribution in [0.2, 0.25) is 0 Å². The van der Waals surface area contributed by atoms with E-state index in [4.69, 9.17) is 4.74 Å². The van der Waals surface area contributed by atoms with Crippen molar-refractivity contribution in [2.24, 2.45) is 0 Å². The summed E-state index contributed by atoms with van der Waals surface area (Å²) in [5.74, 6) is -0.460. The van der Waals surface area contributed by atoms with E-state index in [-0.39, 0.29) is 17.9 Å². The molecule has 0 radical (unpaired) electrons. The van der Waals surface area contributed by atoms with Crippen LogP contribution in [0.5, 0.6) is 0 Å². The Kier molecular flexibility index (Phi) is 7.12. The van der Waals surface area contributed by atoms with E-state index in [0.29, 0.717) is 12.2 Å². The van der Waals surface area contributed by atoms with E-state index in [1.807, 2.05) is 30.3 Å². The summed E-state index contributed by atoms with van der Waals surface area (Å²) in [6.07, 6.45) is 0.841. The van der Waals surface area contributed by atoms with E-state index in [1.165, 1.54) is 12.3 Å². The van der Waals surface area contributed by atoms with Crippen LogP contribution in [0.25, 0.3) is 0 Å². The van der Waals surface area contributed by atoms with E-state index < -0.39 is 22.5 Å². The zero-order valence-corrected chi connectivity index (χ0v) is 18.7. The lowest BCUT2D eigenvalue weighted by atomic mass is 10.2. The van der Waals surface area contributed by atoms with Crippen molar-refractivity contribution in [3.05, 3.63) is 93.8 Å². The van der Waals surface area contributed by atoms with Gasteiger partial charge in [-0.3, -0.25) is 14.9 Å². The summed E-state index contributed by atoms with van der Waals surface area (Å²) in [5, 5.41) is 16.7. The number of alkyl carbamates (subject to hydrolysis) is 1. The fraction of sp³-hybridized carbons (Fsp3) is 0.250. The fourth-order valence-electron chi connectivity index (χ4n) is 3.09. The molecule has 2 amide bonds. The summed E-state index contributed by atoms with van der Waals surface area (Å²) in [4.78, 5) is 35.4. The van der Waals surface area contributed by atoms with Gasteiger partial charge in [-0.25, -0.2) is 4.79 Å². The predicted molar refractivity (Wildman–Crippen MR) is 124 cm³/mol. The number of nitro groups is 1. The van der Waals surface area contributed by atoms with Crippen LogP contribution in [0, 0.1) is 10.1 Å². The Bertz CT molecular complexity index is 1130. The number of hydrogen-bond donors (Lipinski definition) is 2. The highest BCUT2D eigenvalue weighted by molar-refractivity contribution is 6.03. The Morgan fingerprint density at radius 2 is 1.70 bits per heavy atom. The van der Waals surface area contributed by atoms with Crippen LogP contribution in [0.4, 0.5) is 16.2 Å². The molecule has 172 valence electrons. The molecule has 0 aliphatic rings. The van der Waals surface area contributed by atoms with Gasteiger partial charge in [0.15, 0.2) is 0 Å². The second kappa shape index (κ2) is 9.99. The van der Waals surface area contributed by atoms with Crippen molar-refractivity contribution in [1.82, 2.24) is 9.88 Å². The van der Waals surface area contributed by atoms with Crippen LogP contribution < -0.4 is 10.6 Å². The Morgan fingerprint density at radius 3 is 2.30 bits per heavy atom. The lowest BCUT2D eigenvalue weighted by molar-refractivity contribution is -0.384. The van der Waals surface area contributed by atoms with Crippen molar-refractivity contribution in [2.75, 3.05) is 5.32 Å². The van der Waals surface area contributed by atoms with Crippen molar-refractivity contribution in [3.63, 3.8) is 0 Å². The minimum atomic E-state index is -0.578. The SMILES string of the molecule is CC(C)(C)OC(=O)NCc1ccc(NC(=O)c2cc([N+](=O)[O-])cn2Cc2ccccc2)cc1. The molecule has 0 spiro atoms. The molecule has 3 aromatic rings. The summed E-state index contributed by atoms with van der Waals surface area (Å²) in [6.45, 7) is 5.96. The van der Waals surface area contributed by atoms with Gasteiger partial charge in [0.05, 0.1) is 11.1 Å². The molecule has 0 atom stereocenters. The first-order valence-corrected chi connectivity index (χ1v) is 10.4. The van der Waals surface area contributed by atoms with Gasteiger partial charge in [0.25, 0.3) is 11.6 Å². The molecule has 9 nitrogen and oxygen atoms in total. The molecular formula is C24H26N4O5. The normalized spacial score (nSPS) is 11.0. The van der Waals surface area contributed by atoms with Crippen LogP contribution in [0.3, 0.4) is 0 Å². The highest BCUT2D eigenvalue weighted by Crippen LogP contribution is 2.20. The van der Waals surface area contributed by atoms with Crippen LogP contribution in [-0.2, 0) is 17.8 Å². The van der Waals surface area contributed by atoms with Crippen molar-refractivity contribution < 1.29 is 19.2 Å². The van der Waals surface area contributed by atoms with Gasteiger partial charge < -0.3 is 19.9 Å². The molecule has 1 heterocycles. The summed E-state index contributed by atoms with van der Waals surface area (Å²) >= 11 is 0. The largest absolute Gasteiger partial charge is 0.444 e. The number of ether oxygens (including phenoxy) is 1. The number of nitrogens with zero attached hydrogens (tertiary/aromatic N) is 2. The number of carbonyl (C=O) groups excluding carboxylic acids is 2. The molecular weight excluding hydrogens is 424 g/mol. The molecule has 0 aliphatic carbocycles. The molecule has 0 saturated carbocycles. The first kappa shape index (κ1) is 23.5. The van der Waals surface area contributed by atoms with Crippen LogP contribution in [0.1, 0.15) is 42.4 Å². The van der Waals surface area contributed by atoms with E-state index in [9.17, 15) is 19.7 Å². The summed E-state index contributed by atoms with van der Waals surface area (Å²) in [5.41, 5.74) is 1.71. The number of aromatic nitrogens is 1. The molecule has 33 heavy (non-hydrogen) atoms. The Hall–Kier alpha value is -4.14. The molecule has 1 aromatic heterocycles. The van der Waals surface area contributed by atoms with Crippen LogP contribution in [-0.4, -0.2) is 27.1 Å². The predicted octanol–water partition coefficient (Wildman–Crippen LogP) is 4.72. The van der Waals surface area contributed by atoms with Crippen molar-refractivity contribution in [2.45, 2.75) is 39.5 Å². The lowest BCUT2D eigenvalue weighted by Crippen LogP contribution is -2.32. The van der Waals surface area contributed by atoms with Gasteiger partial charge in [-0.15, -0.1) is 0 Å². The van der Waals surface area contributed by atoms with Gasteiger partial charge in [-0.1, -0.05) is 42.5 Å². The molecule has 0 unspecified atom stereocenters. The van der Waals surface area contributed by atoms with Crippen molar-refractivity contribution >= 4 is 23.4 Å². The summed E-state index contributed by atoms with van der Waals surface area (Å²) in [6, 6.07) is 17.6. The quantitative estimate of drug-likeness (QED) is 0.399. The van der Waals surface area contributed by atoms with E-state index in [1.54, 1.807) is 49.6 Å². The Labute approximate surface area is 191 Å². The third-order valence-corrected chi connectivity index (χ3v) is 4.57. The van der Waals surface area contributed by atoms with Crippen molar-refractivity contribution in [3.8, 4) is 0 Å². The third-order valence-electron chi connectivity index (χ3n) is 4.57. The minimum absolute atomic E-state index is 0.153. The smallest absolute Gasteiger partial charge is 0.407 e. The fourth-order valence-corrected chi connectivity index (χ4v) is 3.09. The number of nitrogens with one attached hydrogen (secondary N) is 2. The summed E-state index contributed by atoms with van der Waals surface area (Å²) in [7, 11) is 0. The standard InChI is InChI=1S/C24H26N4O5/c1-24(2,3)33-23(30)25-14-17-9-11-19(12-10-17)26-22(29)21-13-20(28(31)32)16-27(21)15-18-7-5-4-6-8-18/h4-13,16H,14-15H2,1-3H3,(H,25,30)(H,26,29). The highest BCUT2D eigenvalue weighted by Gasteiger charge is 2.20. The van der Waals surface area contributed by atoms with Gasteiger partial charge in [0.2, 0.25) is 0 Å². The van der Waals surface area contributed by atoms with Gasteiger partial charge in [0, 0.05) is 24.8 Å². The number of anilines is 1. The molecule has 9 heteroatoms. The van der Waals surface area contributed by atoms with E-state index in [2.05, 4.69) is 10.6 Å². The maximum Gasteiger partial charge on any atom is 0.407 e. The minimum Gasteiger partial charge on any atom is -0.444 e. The number of carbonyl (C=O) groups is 2. The number of hydrogen-bond acceptors (Lipinski definition) is 5. The molecule has 0 aliphatic heterocycles. The maximum absolute atomic E-state index is 12.9. The monoisotopic (exact) mass is 450 g/mol. The third kappa shape index (κ3) is 6.93. The van der Waals surface area contributed by atoms with Gasteiger partial charge in [-0.2, -0.15) is 0 Å². The van der Waals surface area contributed by atoms with Gasteiger partial charge in [0.1, 0.15) is 11.3 Å². The number of amides is 2. The molecule has 2 N–H and O–H groups in total. The number of rotatable bonds is 7. The second-order valence-electron chi connectivity index (χ2n) is 8.46. The molecule has 2 aromatic carbocycles. The first-order valence-electron chi connectivity index (χ1n) is 10.4. The molecule has 0 bridgehead atoms. The highest BCUT2D eigenvalue weighted by atomic mass is 16.6. The van der Waals surface area contributed by atoms with E-state index >= 15 is 0 Å². The Morgan fingerprint density at radius 1 is 1.03 bits per heavy atom. The van der Waals surface area contributed by atoms with Crippen LogP contribution >= 0.6 is 0 Å². The molecule has 3 rings (SSSR count). The second-order valence-corrected chi connectivity index (χ2v) is 8.46. The van der Waals surface area contributed by atoms with Gasteiger partial charge in [-0.05, 0) is 44.0 Å². The first-order chi connectivity index (χ1) is 15.6. The van der Waals surface area contributed by atoms with E-state index in [0.717, 1.165) is 11.1 Å². The zero-order chi connectivity index (χ0) is 24.0. The maximum atomic E-state index is 12.9. The Balaban J connectivity index is 1.67. The average Bonchev–Trinajstić information content (AvgIpc) is 3.17. The van der Waals surface area contributed by atoms with Crippen LogP contribution in [0.15, 0.2) is 66.9 Å². The molecule has 0 fully saturated rings. The molecule has 0 saturated heterocycles. The lowest BCUT2D eigenvalue weighted by Gasteiger charge is -2.19. The summed E-state index contributed by atoms with van der Waals surface area (Å²) < 4.78 is 6.76. The van der Waals surface area contributed by atoms with Gasteiger partial charge >= 0.3 is 6.09 Å². The number of benzene rings is 2. The zero-order valence-electron chi connectivity index (χ0n) is 18.7.